The van der Waals surface area contributed by atoms with Crippen LogP contribution in [0.1, 0.15) is 134 Å². The zero-order chi connectivity index (χ0) is 49.7. The molecule has 8 aliphatic rings. The van der Waals surface area contributed by atoms with Crippen molar-refractivity contribution in [2.45, 2.75) is 131 Å². The fourth-order valence-electron chi connectivity index (χ4n) is 13.9. The number of allylic oxidation sites excluding steroid dienone is 1. The highest BCUT2D eigenvalue weighted by molar-refractivity contribution is 7.86. The number of aliphatic hydroxyl groups excluding tert-OH is 2. The Kier molecular flexibility index (Phi) is 13.9. The SMILES string of the molecule is C[C@@H]1CCc2cc3ccc2[C@H]1C[C@@H](S(=O)(=O)O)[C@H]1C=C2C[C@H](C[C@H]4C[C@@H](CO)CC#Cc5cc(O)ccc5[C@@H]2O4)[C@@H]1c1ccc(cc1)[C@](C[C@@H](CCO)[C@]1(O)CC[C@H](Cc2ccccc2)C1)(N=C(N)N)O3. The summed E-state index contributed by atoms with van der Waals surface area (Å²) in [5.74, 6) is 5.14. The minimum absolute atomic E-state index is 0.0698. The smallest absolute Gasteiger partial charge is 0.268 e. The first-order chi connectivity index (χ1) is 34.1. The molecule has 13 heteroatoms. The molecule has 1 saturated heterocycles. The first-order valence-electron chi connectivity index (χ1n) is 25.8. The molecule has 0 unspecified atom stereocenters. The van der Waals surface area contributed by atoms with E-state index in [1.165, 1.54) is 5.56 Å². The zero-order valence-corrected chi connectivity index (χ0v) is 41.4. The van der Waals surface area contributed by atoms with Crippen molar-refractivity contribution in [3.8, 4) is 23.3 Å². The van der Waals surface area contributed by atoms with Crippen LogP contribution in [0.25, 0.3) is 0 Å². The maximum atomic E-state index is 14.3. The van der Waals surface area contributed by atoms with Gasteiger partial charge >= 0.3 is 0 Å². The van der Waals surface area contributed by atoms with Gasteiger partial charge in [-0.15, -0.1) is 0 Å². The third-order valence-electron chi connectivity index (χ3n) is 17.3. The Balaban J connectivity index is 1.13. The van der Waals surface area contributed by atoms with Crippen molar-refractivity contribution in [1.29, 1.82) is 0 Å². The van der Waals surface area contributed by atoms with Crippen LogP contribution in [-0.4, -0.2) is 69.5 Å². The molecule has 12 rings (SSSR count). The molecule has 2 fully saturated rings. The Bertz CT molecular complexity index is 2820. The summed E-state index contributed by atoms with van der Waals surface area (Å²) in [6.07, 6.45) is 8.15. The monoisotopic (exact) mass is 983 g/mol. The molecular formula is C58H69N3O9S. The standard InChI is InChI=1S/C58H69N3O9S/c1-35-10-11-41-28-47-17-19-49(41)51(35)31-53(71(66,67)68)52-30-43-26-42(29-48-25-38(34-63)8-5-9-40-27-46(64)16-18-50(40)55(43)69-48)54(52)39-12-14-44(15-13-39)58(70-47,61-56(59)60)33-45(21-23-62)57(65)22-20-37(32-57)24-36-6-3-2-4-7-36/h2-4,6-7,12-19,27-28,30,35,37-38,42,45,48,51-55,62-65H,8,10-11,20-26,29,31-34H2,1H3,(H4,59,60,61)(H,66,67,68)/t35-,37-,38+,42-,45-,48-,51+,52-,53-,54+,55-,57+,58-/m1/s1. The molecule has 0 amide bonds. The number of nitrogens with zero attached hydrogens (tertiary/aromatic N) is 1. The summed E-state index contributed by atoms with van der Waals surface area (Å²) in [4.78, 5) is 4.98. The van der Waals surface area contributed by atoms with Gasteiger partial charge in [0, 0.05) is 48.7 Å². The summed E-state index contributed by atoms with van der Waals surface area (Å²) in [7, 11) is -4.68. The van der Waals surface area contributed by atoms with Crippen LogP contribution in [0.5, 0.6) is 11.5 Å². The molecule has 1 saturated carbocycles. The van der Waals surface area contributed by atoms with Crippen molar-refractivity contribution in [2.24, 2.45) is 52.0 Å². The number of aryl methyl sites for hydroxylation is 1. The normalized spacial score (nSPS) is 32.5. The van der Waals surface area contributed by atoms with Gasteiger partial charge in [0.15, 0.2) is 5.96 Å². The average molecular weight is 984 g/mol. The van der Waals surface area contributed by atoms with Crippen molar-refractivity contribution in [1.82, 2.24) is 0 Å². The molecule has 0 radical (unpaired) electrons. The number of hydrogen-bond acceptors (Lipinski definition) is 9. The molecule has 10 bridgehead atoms. The highest BCUT2D eigenvalue weighted by Gasteiger charge is 2.51. The van der Waals surface area contributed by atoms with Gasteiger partial charge in [0.1, 0.15) is 17.6 Å². The maximum Gasteiger partial charge on any atom is 0.268 e. The zero-order valence-electron chi connectivity index (χ0n) is 40.6. The fourth-order valence-corrected chi connectivity index (χ4v) is 15.0. The maximum absolute atomic E-state index is 14.3. The number of hydrogen-bond donors (Lipinski definition) is 7. The highest BCUT2D eigenvalue weighted by Crippen LogP contribution is 2.56. The van der Waals surface area contributed by atoms with E-state index in [0.29, 0.717) is 55.4 Å². The number of aliphatic imine (C=N–C) groups is 1. The van der Waals surface area contributed by atoms with E-state index in [1.54, 1.807) is 12.1 Å². The van der Waals surface area contributed by atoms with E-state index >= 15 is 0 Å². The lowest BCUT2D eigenvalue weighted by atomic mass is 9.64. The van der Waals surface area contributed by atoms with E-state index in [-0.39, 0.29) is 79.9 Å². The van der Waals surface area contributed by atoms with Crippen LogP contribution in [0.4, 0.5) is 0 Å². The third-order valence-corrected chi connectivity index (χ3v) is 18.6. The summed E-state index contributed by atoms with van der Waals surface area (Å²) in [6, 6.07) is 29.3. The van der Waals surface area contributed by atoms with Crippen LogP contribution in [0.3, 0.4) is 0 Å². The van der Waals surface area contributed by atoms with Crippen LogP contribution in [-0.2, 0) is 33.4 Å². The number of aliphatic hydroxyl groups is 3. The quantitative estimate of drug-likeness (QED) is 0.0264. The van der Waals surface area contributed by atoms with E-state index in [4.69, 9.17) is 25.9 Å². The molecule has 5 aliphatic heterocycles. The van der Waals surface area contributed by atoms with Gasteiger partial charge in [-0.3, -0.25) is 4.55 Å². The lowest BCUT2D eigenvalue weighted by Gasteiger charge is -2.42. The fraction of sp³-hybridized carbons (Fsp3) is 0.500. The van der Waals surface area contributed by atoms with Crippen LogP contribution in [0, 0.1) is 47.3 Å². The van der Waals surface area contributed by atoms with E-state index < -0.39 is 50.6 Å². The van der Waals surface area contributed by atoms with Gasteiger partial charge in [0.2, 0.25) is 5.72 Å². The molecule has 5 heterocycles. The topological polar surface area (TPSA) is 218 Å². The number of rotatable bonds is 10. The second kappa shape index (κ2) is 20.0. The predicted octanol–water partition coefficient (Wildman–Crippen LogP) is 8.32. The number of ether oxygens (including phenoxy) is 2. The minimum Gasteiger partial charge on any atom is -0.508 e. The summed E-state index contributed by atoms with van der Waals surface area (Å²) >= 11 is 0. The molecule has 9 N–H and O–H groups in total. The van der Waals surface area contributed by atoms with Crippen molar-refractivity contribution in [3.63, 3.8) is 0 Å². The molecule has 13 atom stereocenters. The van der Waals surface area contributed by atoms with Gasteiger partial charge < -0.3 is 41.4 Å². The van der Waals surface area contributed by atoms with Crippen molar-refractivity contribution < 1.29 is 42.9 Å². The molecule has 376 valence electrons. The molecule has 0 spiro atoms. The lowest BCUT2D eigenvalue weighted by Crippen LogP contribution is -2.44. The largest absolute Gasteiger partial charge is 0.508 e. The highest BCUT2D eigenvalue weighted by atomic mass is 32.2. The third kappa shape index (κ3) is 10.1. The summed E-state index contributed by atoms with van der Waals surface area (Å²) in [5, 5.41) is 43.5. The number of phenolic OH excluding ortho intramolecular Hbond substituents is 1. The van der Waals surface area contributed by atoms with Crippen LogP contribution < -0.4 is 16.2 Å². The minimum atomic E-state index is -4.68. The summed E-state index contributed by atoms with van der Waals surface area (Å²) < 4.78 is 54.5. The predicted molar refractivity (Wildman–Crippen MR) is 273 cm³/mol. The van der Waals surface area contributed by atoms with E-state index in [0.717, 1.165) is 53.5 Å². The van der Waals surface area contributed by atoms with Gasteiger partial charge in [0.25, 0.3) is 10.1 Å². The molecule has 3 aliphatic carbocycles. The Morgan fingerprint density at radius 3 is 2.48 bits per heavy atom. The van der Waals surface area contributed by atoms with Gasteiger partial charge in [-0.1, -0.05) is 91.6 Å². The van der Waals surface area contributed by atoms with Crippen molar-refractivity contribution >= 4 is 16.1 Å². The van der Waals surface area contributed by atoms with Crippen LogP contribution >= 0.6 is 0 Å². The molecular weight excluding hydrogens is 915 g/mol. The van der Waals surface area contributed by atoms with Crippen molar-refractivity contribution in [2.75, 3.05) is 13.2 Å². The van der Waals surface area contributed by atoms with Gasteiger partial charge in [-0.05, 0) is 164 Å². The molecule has 4 aromatic carbocycles. The Labute approximate surface area is 418 Å². The molecule has 71 heavy (non-hydrogen) atoms. The van der Waals surface area contributed by atoms with Crippen LogP contribution in [0.15, 0.2) is 108 Å². The van der Waals surface area contributed by atoms with Gasteiger partial charge in [0.05, 0.1) is 17.0 Å². The van der Waals surface area contributed by atoms with E-state index in [9.17, 15) is 33.4 Å². The Morgan fingerprint density at radius 1 is 0.944 bits per heavy atom. The second-order valence-corrected chi connectivity index (χ2v) is 23.5. The number of fused-ring (bicyclic) bond motifs is 9. The van der Waals surface area contributed by atoms with Gasteiger partial charge in [-0.2, -0.15) is 8.42 Å². The molecule has 12 nitrogen and oxygen atoms in total. The average Bonchev–Trinajstić information content (AvgIpc) is 3.65. The van der Waals surface area contributed by atoms with Crippen LogP contribution in [0.2, 0.25) is 0 Å². The molecule has 0 aromatic heterocycles. The summed E-state index contributed by atoms with van der Waals surface area (Å²) in [5.41, 5.74) is 17.1. The number of nitrogens with two attached hydrogens (primary N) is 2. The first-order valence-corrected chi connectivity index (χ1v) is 27.3. The lowest BCUT2D eigenvalue weighted by molar-refractivity contribution is -0.0628. The number of phenols is 1. The Morgan fingerprint density at radius 2 is 1.73 bits per heavy atom. The van der Waals surface area contributed by atoms with Gasteiger partial charge in [-0.25, -0.2) is 4.99 Å². The summed E-state index contributed by atoms with van der Waals surface area (Å²) in [6.45, 7) is 1.92. The number of benzene rings is 4. The first kappa shape index (κ1) is 49.4. The number of aromatic hydroxyl groups is 1. The number of guanidine groups is 1. The van der Waals surface area contributed by atoms with E-state index in [2.05, 4.69) is 37.0 Å². The molecule has 4 aromatic rings. The van der Waals surface area contributed by atoms with Crippen molar-refractivity contribution in [3.05, 3.63) is 142 Å². The second-order valence-electron chi connectivity index (χ2n) is 21.9. The van der Waals surface area contributed by atoms with E-state index in [1.807, 2.05) is 66.7 Å². The Hall–Kier alpha value is -5.20.